The summed E-state index contributed by atoms with van der Waals surface area (Å²) in [5.74, 6) is 0. The topological polar surface area (TPSA) is 0 Å². The summed E-state index contributed by atoms with van der Waals surface area (Å²) < 4.78 is 0. The van der Waals surface area contributed by atoms with Crippen LogP contribution in [0.2, 0.25) is 0 Å². The van der Waals surface area contributed by atoms with Crippen molar-refractivity contribution in [3.8, 4) is 22.3 Å². The van der Waals surface area contributed by atoms with E-state index in [2.05, 4.69) is 99.6 Å². The zero-order valence-corrected chi connectivity index (χ0v) is 15.0. The largest absolute Gasteiger partial charge is 0.0616 e. The first-order valence-corrected chi connectivity index (χ1v) is 8.79. The van der Waals surface area contributed by atoms with E-state index in [9.17, 15) is 0 Å². The lowest BCUT2D eigenvalue weighted by Crippen LogP contribution is -1.90. The predicted octanol–water partition coefficient (Wildman–Crippen LogP) is 7.10. The number of fused-ring (bicyclic) bond motifs is 1. The molecule has 4 rings (SSSR count). The predicted molar refractivity (Wildman–Crippen MR) is 109 cm³/mol. The molecule has 0 aliphatic rings. The Kier molecular flexibility index (Phi) is 3.89. The van der Waals surface area contributed by atoms with Crippen LogP contribution in [0.3, 0.4) is 0 Å². The SMILES string of the molecule is Cc1ccc(-c2ccc(C)c(-c3cc4ccccc4cc3C)c2)cc1. The van der Waals surface area contributed by atoms with Gasteiger partial charge in [0.2, 0.25) is 0 Å². The third-order valence-corrected chi connectivity index (χ3v) is 5.01. The molecule has 4 aromatic carbocycles. The van der Waals surface area contributed by atoms with E-state index in [0.29, 0.717) is 0 Å². The van der Waals surface area contributed by atoms with Crippen molar-refractivity contribution >= 4 is 10.8 Å². The average Bonchev–Trinajstić information content (AvgIpc) is 2.62. The van der Waals surface area contributed by atoms with Gasteiger partial charge in [-0.15, -0.1) is 0 Å². The van der Waals surface area contributed by atoms with Gasteiger partial charge < -0.3 is 0 Å². The summed E-state index contributed by atoms with van der Waals surface area (Å²) in [4.78, 5) is 0. The Morgan fingerprint density at radius 2 is 1.08 bits per heavy atom. The minimum Gasteiger partial charge on any atom is -0.0616 e. The van der Waals surface area contributed by atoms with Crippen LogP contribution in [0.1, 0.15) is 16.7 Å². The standard InChI is InChI=1S/C25H22/c1-17-8-11-20(12-9-17)23-13-10-18(2)24(16-23)25-15-22-7-5-4-6-21(22)14-19(25)3/h4-16H,1-3H3. The van der Waals surface area contributed by atoms with Crippen molar-refractivity contribution in [2.24, 2.45) is 0 Å². The number of aryl methyl sites for hydroxylation is 3. The molecule has 0 spiro atoms. The normalized spacial score (nSPS) is 11.0. The van der Waals surface area contributed by atoms with Crippen LogP contribution < -0.4 is 0 Å². The molecule has 0 amide bonds. The van der Waals surface area contributed by atoms with Crippen molar-refractivity contribution in [3.63, 3.8) is 0 Å². The van der Waals surface area contributed by atoms with Crippen molar-refractivity contribution in [2.45, 2.75) is 20.8 Å². The Morgan fingerprint density at radius 3 is 1.80 bits per heavy atom. The van der Waals surface area contributed by atoms with E-state index in [1.54, 1.807) is 0 Å². The first kappa shape index (κ1) is 15.7. The van der Waals surface area contributed by atoms with Crippen molar-refractivity contribution in [1.82, 2.24) is 0 Å². The smallest absolute Gasteiger partial charge is 0.0145 e. The minimum absolute atomic E-state index is 1.27. The molecule has 0 radical (unpaired) electrons. The molecule has 0 aliphatic carbocycles. The first-order chi connectivity index (χ1) is 12.1. The van der Waals surface area contributed by atoms with Gasteiger partial charge in [0.05, 0.1) is 0 Å². The van der Waals surface area contributed by atoms with Gasteiger partial charge in [0, 0.05) is 0 Å². The van der Waals surface area contributed by atoms with E-state index in [-0.39, 0.29) is 0 Å². The molecule has 0 heterocycles. The number of hydrogen-bond acceptors (Lipinski definition) is 0. The van der Waals surface area contributed by atoms with Gasteiger partial charge in [-0.25, -0.2) is 0 Å². The third-order valence-electron chi connectivity index (χ3n) is 5.01. The fourth-order valence-electron chi connectivity index (χ4n) is 3.48. The van der Waals surface area contributed by atoms with Gasteiger partial charge in [-0.3, -0.25) is 0 Å². The van der Waals surface area contributed by atoms with Crippen molar-refractivity contribution in [2.75, 3.05) is 0 Å². The van der Waals surface area contributed by atoms with E-state index >= 15 is 0 Å². The Labute approximate surface area is 149 Å². The van der Waals surface area contributed by atoms with Gasteiger partial charge in [-0.2, -0.15) is 0 Å². The Bertz CT molecular complexity index is 1050. The number of hydrogen-bond donors (Lipinski definition) is 0. The van der Waals surface area contributed by atoms with Crippen LogP contribution in [-0.2, 0) is 0 Å². The first-order valence-electron chi connectivity index (χ1n) is 8.79. The maximum absolute atomic E-state index is 2.33. The Balaban J connectivity index is 1.89. The molecular formula is C25H22. The molecule has 0 aromatic heterocycles. The summed E-state index contributed by atoms with van der Waals surface area (Å²) in [6, 6.07) is 28.8. The number of rotatable bonds is 2. The van der Waals surface area contributed by atoms with E-state index in [1.807, 2.05) is 0 Å². The molecule has 0 N–H and O–H groups in total. The molecule has 4 aromatic rings. The van der Waals surface area contributed by atoms with Crippen LogP contribution in [0.25, 0.3) is 33.0 Å². The second-order valence-corrected chi connectivity index (χ2v) is 6.91. The molecule has 122 valence electrons. The van der Waals surface area contributed by atoms with Gasteiger partial charge >= 0.3 is 0 Å². The molecule has 0 fully saturated rings. The monoisotopic (exact) mass is 322 g/mol. The summed E-state index contributed by atoms with van der Waals surface area (Å²) in [7, 11) is 0. The molecule has 0 saturated heterocycles. The van der Waals surface area contributed by atoms with Crippen molar-refractivity contribution in [1.29, 1.82) is 0 Å². The van der Waals surface area contributed by atoms with Crippen LogP contribution in [0.4, 0.5) is 0 Å². The molecule has 25 heavy (non-hydrogen) atoms. The zero-order valence-electron chi connectivity index (χ0n) is 15.0. The van der Waals surface area contributed by atoms with Crippen molar-refractivity contribution < 1.29 is 0 Å². The molecule has 0 nitrogen and oxygen atoms in total. The van der Waals surface area contributed by atoms with Crippen LogP contribution in [0, 0.1) is 20.8 Å². The molecule has 0 bridgehead atoms. The highest BCUT2D eigenvalue weighted by molar-refractivity contribution is 5.90. The van der Waals surface area contributed by atoms with Crippen LogP contribution >= 0.6 is 0 Å². The van der Waals surface area contributed by atoms with Gasteiger partial charge in [-0.1, -0.05) is 72.3 Å². The lowest BCUT2D eigenvalue weighted by Gasteiger charge is -2.13. The quantitative estimate of drug-likeness (QED) is 0.369. The molecule has 0 heteroatoms. The molecular weight excluding hydrogens is 300 g/mol. The average molecular weight is 322 g/mol. The second kappa shape index (κ2) is 6.22. The fourth-order valence-corrected chi connectivity index (χ4v) is 3.48. The van der Waals surface area contributed by atoms with Gasteiger partial charge in [-0.05, 0) is 77.1 Å². The maximum atomic E-state index is 2.33. The molecule has 0 unspecified atom stereocenters. The van der Waals surface area contributed by atoms with E-state index in [0.717, 1.165) is 0 Å². The molecule has 0 saturated carbocycles. The Hall–Kier alpha value is -2.86. The third kappa shape index (κ3) is 2.96. The van der Waals surface area contributed by atoms with Crippen LogP contribution in [0.5, 0.6) is 0 Å². The summed E-state index contributed by atoms with van der Waals surface area (Å²) in [5, 5.41) is 2.60. The zero-order chi connectivity index (χ0) is 17.4. The van der Waals surface area contributed by atoms with Gasteiger partial charge in [0.25, 0.3) is 0 Å². The lowest BCUT2D eigenvalue weighted by molar-refractivity contribution is 1.41. The minimum atomic E-state index is 1.27. The van der Waals surface area contributed by atoms with Crippen molar-refractivity contribution in [3.05, 3.63) is 95.6 Å². The second-order valence-electron chi connectivity index (χ2n) is 6.91. The summed E-state index contributed by atoms with van der Waals surface area (Å²) in [6.45, 7) is 6.53. The molecule has 0 aliphatic heterocycles. The van der Waals surface area contributed by atoms with Gasteiger partial charge in [0.15, 0.2) is 0 Å². The lowest BCUT2D eigenvalue weighted by atomic mass is 9.91. The van der Waals surface area contributed by atoms with Crippen LogP contribution in [-0.4, -0.2) is 0 Å². The van der Waals surface area contributed by atoms with Crippen LogP contribution in [0.15, 0.2) is 78.9 Å². The van der Waals surface area contributed by atoms with Gasteiger partial charge in [0.1, 0.15) is 0 Å². The summed E-state index contributed by atoms with van der Waals surface area (Å²) >= 11 is 0. The Morgan fingerprint density at radius 1 is 0.480 bits per heavy atom. The highest BCUT2D eigenvalue weighted by atomic mass is 14.1. The summed E-state index contributed by atoms with van der Waals surface area (Å²) in [6.07, 6.45) is 0. The van der Waals surface area contributed by atoms with E-state index in [1.165, 1.54) is 49.7 Å². The maximum Gasteiger partial charge on any atom is -0.0145 e. The summed E-state index contributed by atoms with van der Waals surface area (Å²) in [5.41, 5.74) is 9.11. The number of benzene rings is 4. The highest BCUT2D eigenvalue weighted by Gasteiger charge is 2.09. The van der Waals surface area contributed by atoms with E-state index in [4.69, 9.17) is 0 Å². The molecule has 0 atom stereocenters. The fraction of sp³-hybridized carbons (Fsp3) is 0.120. The van der Waals surface area contributed by atoms with E-state index < -0.39 is 0 Å². The highest BCUT2D eigenvalue weighted by Crippen LogP contribution is 2.33.